The highest BCUT2D eigenvalue weighted by Gasteiger charge is 2.42. The maximum atomic E-state index is 13.5. The van der Waals surface area contributed by atoms with Gasteiger partial charge in [0.1, 0.15) is 0 Å². The molecule has 0 bridgehead atoms. The number of aryl methyl sites for hydroxylation is 2. The fourth-order valence-corrected chi connectivity index (χ4v) is 4.35. The molecular formula is C25H25F6NO3. The summed E-state index contributed by atoms with van der Waals surface area (Å²) in [5, 5.41) is 0. The van der Waals surface area contributed by atoms with Crippen LogP contribution in [0.4, 0.5) is 36.8 Å². The summed E-state index contributed by atoms with van der Waals surface area (Å²) >= 11 is 0. The molecule has 0 saturated heterocycles. The Hall–Kier alpha value is -3.04. The molecule has 2 aromatic carbocycles. The molecule has 1 heterocycles. The van der Waals surface area contributed by atoms with Gasteiger partial charge in [-0.05, 0) is 74.6 Å². The van der Waals surface area contributed by atoms with Crippen LogP contribution in [0.5, 0.6) is 0 Å². The van der Waals surface area contributed by atoms with E-state index in [-0.39, 0.29) is 19.1 Å². The lowest BCUT2D eigenvalue weighted by Gasteiger charge is -2.40. The molecule has 2 atom stereocenters. The first-order valence-electron chi connectivity index (χ1n) is 11.1. The number of carbonyl (C=O) groups is 2. The van der Waals surface area contributed by atoms with Crippen LogP contribution in [0, 0.1) is 13.8 Å². The molecular weight excluding hydrogens is 476 g/mol. The topological polar surface area (TPSA) is 46.6 Å². The van der Waals surface area contributed by atoms with Crippen LogP contribution in [0.1, 0.15) is 70.8 Å². The first-order chi connectivity index (χ1) is 16.2. The van der Waals surface area contributed by atoms with Crippen molar-refractivity contribution in [1.82, 2.24) is 0 Å². The number of alkyl halides is 6. The molecule has 1 unspecified atom stereocenters. The third kappa shape index (κ3) is 5.31. The number of anilines is 1. The monoisotopic (exact) mass is 501 g/mol. The zero-order valence-corrected chi connectivity index (χ0v) is 19.6. The Balaban J connectivity index is 2.19. The molecule has 1 amide bonds. The van der Waals surface area contributed by atoms with Crippen molar-refractivity contribution in [2.75, 3.05) is 11.5 Å². The second-order valence-electron chi connectivity index (χ2n) is 8.57. The third-order valence-electron chi connectivity index (χ3n) is 6.28. The summed E-state index contributed by atoms with van der Waals surface area (Å²) in [6, 6.07) is 3.72. The van der Waals surface area contributed by atoms with E-state index in [1.165, 1.54) is 4.90 Å². The first-order valence-corrected chi connectivity index (χ1v) is 11.1. The summed E-state index contributed by atoms with van der Waals surface area (Å²) in [5.41, 5.74) is -1.48. The van der Waals surface area contributed by atoms with Crippen LogP contribution in [-0.4, -0.2) is 24.5 Å². The molecule has 0 radical (unpaired) electrons. The van der Waals surface area contributed by atoms with Crippen molar-refractivity contribution in [1.29, 1.82) is 0 Å². The molecule has 2 aromatic rings. The summed E-state index contributed by atoms with van der Waals surface area (Å²) in [5.74, 6) is -1.91. The van der Waals surface area contributed by atoms with Crippen molar-refractivity contribution in [2.45, 2.75) is 64.8 Å². The maximum Gasteiger partial charge on any atom is 0.416 e. The molecule has 0 saturated carbocycles. The van der Waals surface area contributed by atoms with Gasteiger partial charge in [0.05, 0.1) is 29.3 Å². The van der Waals surface area contributed by atoms with E-state index in [9.17, 15) is 35.9 Å². The fraction of sp³-hybridized carbons (Fsp3) is 0.440. The molecule has 0 aromatic heterocycles. The van der Waals surface area contributed by atoms with E-state index in [0.717, 1.165) is 11.1 Å². The average Bonchev–Trinajstić information content (AvgIpc) is 2.77. The largest absolute Gasteiger partial charge is 0.449 e. The molecule has 4 nitrogen and oxygen atoms in total. The van der Waals surface area contributed by atoms with Crippen molar-refractivity contribution >= 4 is 17.6 Å². The highest BCUT2D eigenvalue weighted by atomic mass is 19.4. The summed E-state index contributed by atoms with van der Waals surface area (Å²) < 4.78 is 85.4. The number of ketones is 1. The minimum Gasteiger partial charge on any atom is -0.449 e. The van der Waals surface area contributed by atoms with E-state index in [4.69, 9.17) is 4.74 Å². The van der Waals surface area contributed by atoms with Crippen molar-refractivity contribution in [3.8, 4) is 0 Å². The number of halogens is 6. The van der Waals surface area contributed by atoms with Gasteiger partial charge in [-0.15, -0.1) is 0 Å². The number of rotatable bonds is 4. The second kappa shape index (κ2) is 9.54. The lowest BCUT2D eigenvalue weighted by Crippen LogP contribution is -2.46. The zero-order chi connectivity index (χ0) is 26.3. The van der Waals surface area contributed by atoms with Crippen LogP contribution in [-0.2, 0) is 17.1 Å². The molecule has 35 heavy (non-hydrogen) atoms. The molecule has 1 aliphatic rings. The van der Waals surface area contributed by atoms with Crippen LogP contribution in [0.25, 0.3) is 0 Å². The Kier molecular flexibility index (Phi) is 7.24. The molecule has 10 heteroatoms. The second-order valence-corrected chi connectivity index (χ2v) is 8.57. The molecule has 3 rings (SSSR count). The lowest BCUT2D eigenvalue weighted by atomic mass is 9.78. The van der Waals surface area contributed by atoms with E-state index in [1.54, 1.807) is 39.8 Å². The SMILES string of the molecule is CCOC(=O)N1c2cc(C)c(C)cc2C(C(=O)c2cc(C(F)(F)F)cc(C(F)(F)F)c2)C[C@@H]1CC. The smallest absolute Gasteiger partial charge is 0.416 e. The molecule has 1 aliphatic heterocycles. The predicted molar refractivity (Wildman–Crippen MR) is 118 cm³/mol. The highest BCUT2D eigenvalue weighted by Crippen LogP contribution is 2.44. The Bertz CT molecular complexity index is 1110. The van der Waals surface area contributed by atoms with Crippen LogP contribution < -0.4 is 4.90 Å². The first kappa shape index (κ1) is 26.6. The number of hydrogen-bond donors (Lipinski definition) is 0. The molecule has 0 N–H and O–H groups in total. The van der Waals surface area contributed by atoms with Gasteiger partial charge in [0.2, 0.25) is 0 Å². The van der Waals surface area contributed by atoms with Crippen molar-refractivity contribution < 1.29 is 40.7 Å². The van der Waals surface area contributed by atoms with Crippen LogP contribution >= 0.6 is 0 Å². The normalized spacial score (nSPS) is 18.3. The quantitative estimate of drug-likeness (QED) is 0.323. The van der Waals surface area contributed by atoms with Crippen molar-refractivity contribution in [3.63, 3.8) is 0 Å². The van der Waals surface area contributed by atoms with E-state index >= 15 is 0 Å². The van der Waals surface area contributed by atoms with E-state index < -0.39 is 52.9 Å². The Morgan fingerprint density at radius 3 is 1.94 bits per heavy atom. The van der Waals surface area contributed by atoms with Crippen LogP contribution in [0.15, 0.2) is 30.3 Å². The van der Waals surface area contributed by atoms with Gasteiger partial charge in [-0.1, -0.05) is 13.0 Å². The van der Waals surface area contributed by atoms with Gasteiger partial charge in [0.25, 0.3) is 0 Å². The number of nitrogens with zero attached hydrogens (tertiary/aromatic N) is 1. The number of ether oxygens (including phenoxy) is 1. The number of hydrogen-bond acceptors (Lipinski definition) is 3. The van der Waals surface area contributed by atoms with Crippen molar-refractivity contribution in [2.24, 2.45) is 0 Å². The maximum absolute atomic E-state index is 13.5. The summed E-state index contributed by atoms with van der Waals surface area (Å²) in [4.78, 5) is 27.7. The average molecular weight is 501 g/mol. The summed E-state index contributed by atoms with van der Waals surface area (Å²) in [6.45, 7) is 7.09. The van der Waals surface area contributed by atoms with Gasteiger partial charge >= 0.3 is 18.4 Å². The molecule has 0 aliphatic carbocycles. The van der Waals surface area contributed by atoms with E-state index in [0.29, 0.717) is 29.8 Å². The predicted octanol–water partition coefficient (Wildman–Crippen LogP) is 7.45. The van der Waals surface area contributed by atoms with Gasteiger partial charge < -0.3 is 4.74 Å². The Labute approximate surface area is 198 Å². The van der Waals surface area contributed by atoms with Gasteiger partial charge in [-0.3, -0.25) is 9.69 Å². The van der Waals surface area contributed by atoms with Gasteiger partial charge in [-0.25, -0.2) is 4.79 Å². The van der Waals surface area contributed by atoms with Gasteiger partial charge in [0.15, 0.2) is 5.78 Å². The summed E-state index contributed by atoms with van der Waals surface area (Å²) in [6.07, 6.45) is -10.3. The lowest BCUT2D eigenvalue weighted by molar-refractivity contribution is -0.143. The van der Waals surface area contributed by atoms with E-state index in [2.05, 4.69) is 0 Å². The number of Topliss-reactive ketones (excluding diaryl/α,β-unsaturated/α-hetero) is 1. The van der Waals surface area contributed by atoms with E-state index in [1.807, 2.05) is 0 Å². The molecule has 190 valence electrons. The number of fused-ring (bicyclic) bond motifs is 1. The standard InChI is InChI=1S/C25H25F6NO3/c1-5-18-12-20(19-7-13(3)14(4)8-21(19)32(18)23(34)35-6-2)22(33)15-9-16(24(26,27)28)11-17(10-15)25(29,30)31/h7-11,18,20H,5-6,12H2,1-4H3/t18-,20?/m0/s1. The van der Waals surface area contributed by atoms with Crippen molar-refractivity contribution in [3.05, 3.63) is 63.7 Å². The molecule has 0 spiro atoms. The van der Waals surface area contributed by atoms with Crippen LogP contribution in [0.2, 0.25) is 0 Å². The molecule has 0 fully saturated rings. The number of amides is 1. The van der Waals surface area contributed by atoms with Crippen LogP contribution in [0.3, 0.4) is 0 Å². The van der Waals surface area contributed by atoms with Gasteiger partial charge in [-0.2, -0.15) is 26.3 Å². The minimum absolute atomic E-state index is 0.00353. The number of carbonyl (C=O) groups excluding carboxylic acids is 2. The zero-order valence-electron chi connectivity index (χ0n) is 19.6. The fourth-order valence-electron chi connectivity index (χ4n) is 4.35. The van der Waals surface area contributed by atoms with Gasteiger partial charge in [0, 0.05) is 11.6 Å². The highest BCUT2D eigenvalue weighted by molar-refractivity contribution is 6.04. The minimum atomic E-state index is -5.07. The Morgan fingerprint density at radius 1 is 0.914 bits per heavy atom. The third-order valence-corrected chi connectivity index (χ3v) is 6.28. The Morgan fingerprint density at radius 2 is 1.46 bits per heavy atom. The summed E-state index contributed by atoms with van der Waals surface area (Å²) in [7, 11) is 0. The number of benzene rings is 2.